The summed E-state index contributed by atoms with van der Waals surface area (Å²) in [4.78, 5) is 0. The van der Waals surface area contributed by atoms with Crippen LogP contribution in [0.15, 0.2) is 22.8 Å². The molecule has 0 amide bonds. The number of nitrogens with one attached hydrogen (secondary N) is 1. The summed E-state index contributed by atoms with van der Waals surface area (Å²) in [5.41, 5.74) is 0. The Hall–Kier alpha value is -0.810. The fraction of sp³-hybridized carbons (Fsp3) is 0.600. The maximum Gasteiger partial charge on any atom is 0.150 e. The highest BCUT2D eigenvalue weighted by molar-refractivity contribution is 7.91. The fourth-order valence-corrected chi connectivity index (χ4v) is 4.01. The van der Waals surface area contributed by atoms with E-state index in [9.17, 15) is 8.42 Å². The summed E-state index contributed by atoms with van der Waals surface area (Å²) < 4.78 is 28.1. The molecule has 84 valence electrons. The minimum absolute atomic E-state index is 0.0114. The van der Waals surface area contributed by atoms with Gasteiger partial charge in [-0.25, -0.2) is 8.42 Å². The van der Waals surface area contributed by atoms with Crippen LogP contribution in [0.2, 0.25) is 0 Å². The quantitative estimate of drug-likeness (QED) is 0.839. The third-order valence-corrected chi connectivity index (χ3v) is 4.69. The lowest BCUT2D eigenvalue weighted by molar-refractivity contribution is 0.346. The first-order chi connectivity index (χ1) is 7.12. The highest BCUT2D eigenvalue weighted by atomic mass is 32.2. The van der Waals surface area contributed by atoms with Crippen LogP contribution in [0.3, 0.4) is 0 Å². The zero-order valence-corrected chi connectivity index (χ0v) is 9.46. The molecule has 1 fully saturated rings. The van der Waals surface area contributed by atoms with Crippen molar-refractivity contribution in [3.05, 3.63) is 24.2 Å². The molecule has 0 saturated carbocycles. The summed E-state index contributed by atoms with van der Waals surface area (Å²) in [6.45, 7) is 0. The molecule has 5 heteroatoms. The Morgan fingerprint density at radius 1 is 1.60 bits per heavy atom. The standard InChI is InChI=1S/C10H15NO3S/c1-11-10(9-3-2-5-14-9)8-4-6-15(12,13)7-8/h2-3,5,8,10-11H,4,6-7H2,1H3. The molecule has 2 heterocycles. The van der Waals surface area contributed by atoms with Gasteiger partial charge in [0.15, 0.2) is 9.84 Å². The van der Waals surface area contributed by atoms with Crippen molar-refractivity contribution in [3.8, 4) is 0 Å². The average molecular weight is 229 g/mol. The van der Waals surface area contributed by atoms with Crippen LogP contribution < -0.4 is 5.32 Å². The molecule has 1 aromatic rings. The van der Waals surface area contributed by atoms with E-state index in [0.29, 0.717) is 12.2 Å². The molecular formula is C10H15NO3S. The lowest BCUT2D eigenvalue weighted by Crippen LogP contribution is -2.25. The van der Waals surface area contributed by atoms with Crippen LogP contribution in [0.1, 0.15) is 18.2 Å². The Bertz CT molecular complexity index is 410. The highest BCUT2D eigenvalue weighted by Crippen LogP contribution is 2.31. The van der Waals surface area contributed by atoms with Crippen molar-refractivity contribution in [1.82, 2.24) is 5.32 Å². The fourth-order valence-electron chi connectivity index (χ4n) is 2.17. The van der Waals surface area contributed by atoms with E-state index in [1.807, 2.05) is 19.2 Å². The molecule has 2 rings (SSSR count). The molecule has 15 heavy (non-hydrogen) atoms. The summed E-state index contributed by atoms with van der Waals surface area (Å²) in [6.07, 6.45) is 2.33. The van der Waals surface area contributed by atoms with E-state index < -0.39 is 9.84 Å². The van der Waals surface area contributed by atoms with E-state index in [-0.39, 0.29) is 17.7 Å². The molecule has 0 aliphatic carbocycles. The van der Waals surface area contributed by atoms with Gasteiger partial charge in [0.1, 0.15) is 5.76 Å². The lowest BCUT2D eigenvalue weighted by atomic mass is 9.97. The maximum atomic E-state index is 11.4. The van der Waals surface area contributed by atoms with Crippen molar-refractivity contribution in [1.29, 1.82) is 0 Å². The second kappa shape index (κ2) is 3.98. The first kappa shape index (κ1) is 10.7. The zero-order chi connectivity index (χ0) is 10.9. The van der Waals surface area contributed by atoms with E-state index >= 15 is 0 Å². The molecule has 1 saturated heterocycles. The van der Waals surface area contributed by atoms with Crippen LogP contribution in [0.25, 0.3) is 0 Å². The third kappa shape index (κ3) is 2.23. The number of hydrogen-bond donors (Lipinski definition) is 1. The molecule has 1 aromatic heterocycles. The summed E-state index contributed by atoms with van der Waals surface area (Å²) in [7, 11) is -0.992. The van der Waals surface area contributed by atoms with E-state index in [4.69, 9.17) is 4.42 Å². The van der Waals surface area contributed by atoms with Gasteiger partial charge in [-0.1, -0.05) is 0 Å². The van der Waals surface area contributed by atoms with Gasteiger partial charge < -0.3 is 9.73 Å². The Kier molecular flexibility index (Phi) is 2.84. The second-order valence-corrected chi connectivity index (χ2v) is 6.17. The van der Waals surface area contributed by atoms with Crippen LogP contribution in [-0.4, -0.2) is 27.0 Å². The van der Waals surface area contributed by atoms with Gasteiger partial charge in [-0.3, -0.25) is 0 Å². The molecule has 1 aliphatic rings. The van der Waals surface area contributed by atoms with Gasteiger partial charge in [-0.15, -0.1) is 0 Å². The van der Waals surface area contributed by atoms with E-state index in [2.05, 4.69) is 5.32 Å². The van der Waals surface area contributed by atoms with Crippen molar-refractivity contribution < 1.29 is 12.8 Å². The SMILES string of the molecule is CNC(c1ccco1)C1CCS(=O)(=O)C1. The lowest BCUT2D eigenvalue weighted by Gasteiger charge is -2.19. The van der Waals surface area contributed by atoms with Crippen LogP contribution >= 0.6 is 0 Å². The van der Waals surface area contributed by atoms with Crippen molar-refractivity contribution in [3.63, 3.8) is 0 Å². The molecular weight excluding hydrogens is 214 g/mol. The molecule has 2 unspecified atom stereocenters. The molecule has 1 N–H and O–H groups in total. The summed E-state index contributed by atoms with van der Waals surface area (Å²) in [5.74, 6) is 1.52. The van der Waals surface area contributed by atoms with Gasteiger partial charge in [-0.2, -0.15) is 0 Å². The number of sulfone groups is 1. The predicted octanol–water partition coefficient (Wildman–Crippen LogP) is 0.975. The third-order valence-electron chi connectivity index (χ3n) is 2.90. The molecule has 0 radical (unpaired) electrons. The Morgan fingerprint density at radius 2 is 2.40 bits per heavy atom. The topological polar surface area (TPSA) is 59.3 Å². The van der Waals surface area contributed by atoms with Crippen LogP contribution in [0.4, 0.5) is 0 Å². The van der Waals surface area contributed by atoms with E-state index in [0.717, 1.165) is 5.76 Å². The first-order valence-electron chi connectivity index (χ1n) is 5.03. The van der Waals surface area contributed by atoms with Crippen molar-refractivity contribution in [2.24, 2.45) is 5.92 Å². The monoisotopic (exact) mass is 229 g/mol. The van der Waals surface area contributed by atoms with Gasteiger partial charge in [-0.05, 0) is 31.5 Å². The normalized spacial score (nSPS) is 26.6. The van der Waals surface area contributed by atoms with Crippen LogP contribution in [0, 0.1) is 5.92 Å². The van der Waals surface area contributed by atoms with E-state index in [1.165, 1.54) is 0 Å². The van der Waals surface area contributed by atoms with Gasteiger partial charge in [0.05, 0.1) is 23.8 Å². The molecule has 0 spiro atoms. The number of furan rings is 1. The Morgan fingerprint density at radius 3 is 2.87 bits per heavy atom. The molecule has 0 aromatic carbocycles. The summed E-state index contributed by atoms with van der Waals surface area (Å²) >= 11 is 0. The zero-order valence-electron chi connectivity index (χ0n) is 8.64. The minimum atomic E-state index is -2.82. The molecule has 0 bridgehead atoms. The summed E-state index contributed by atoms with van der Waals surface area (Å²) in [5, 5.41) is 3.13. The van der Waals surface area contributed by atoms with Crippen molar-refractivity contribution in [2.45, 2.75) is 12.5 Å². The predicted molar refractivity (Wildman–Crippen MR) is 57.3 cm³/mol. The molecule has 2 atom stereocenters. The van der Waals surface area contributed by atoms with Crippen LogP contribution in [0.5, 0.6) is 0 Å². The van der Waals surface area contributed by atoms with Gasteiger partial charge in [0.2, 0.25) is 0 Å². The largest absolute Gasteiger partial charge is 0.468 e. The number of rotatable bonds is 3. The van der Waals surface area contributed by atoms with E-state index in [1.54, 1.807) is 6.26 Å². The average Bonchev–Trinajstić information content (AvgIpc) is 2.77. The van der Waals surface area contributed by atoms with Gasteiger partial charge in [0.25, 0.3) is 0 Å². The first-order valence-corrected chi connectivity index (χ1v) is 6.85. The Labute approximate surface area is 89.6 Å². The second-order valence-electron chi connectivity index (χ2n) is 3.94. The maximum absolute atomic E-state index is 11.4. The Balaban J connectivity index is 2.16. The van der Waals surface area contributed by atoms with Crippen molar-refractivity contribution >= 4 is 9.84 Å². The smallest absolute Gasteiger partial charge is 0.150 e. The van der Waals surface area contributed by atoms with Crippen LogP contribution in [-0.2, 0) is 9.84 Å². The summed E-state index contributed by atoms with van der Waals surface area (Å²) in [6, 6.07) is 3.71. The van der Waals surface area contributed by atoms with Crippen molar-refractivity contribution in [2.75, 3.05) is 18.6 Å². The minimum Gasteiger partial charge on any atom is -0.468 e. The molecule has 4 nitrogen and oxygen atoms in total. The highest BCUT2D eigenvalue weighted by Gasteiger charge is 2.34. The molecule has 1 aliphatic heterocycles. The number of hydrogen-bond acceptors (Lipinski definition) is 4. The van der Waals surface area contributed by atoms with Gasteiger partial charge >= 0.3 is 0 Å². The van der Waals surface area contributed by atoms with Gasteiger partial charge in [0, 0.05) is 0 Å².